The molecule has 0 spiro atoms. The zero-order valence-electron chi connectivity index (χ0n) is 11.9. The van der Waals surface area contributed by atoms with Crippen molar-refractivity contribution in [3.05, 3.63) is 60.4 Å². The van der Waals surface area contributed by atoms with Crippen LogP contribution in [0.15, 0.2) is 59.8 Å². The van der Waals surface area contributed by atoms with Crippen LogP contribution >= 0.6 is 11.8 Å². The molecule has 0 amide bonds. The first-order valence-electron chi connectivity index (χ1n) is 6.76. The summed E-state index contributed by atoms with van der Waals surface area (Å²) in [4.78, 5) is 10.8. The SMILES string of the molecule is O=C(O)CSc1nnc(-c2cccc(F)c2)n1-c1ccccc1. The van der Waals surface area contributed by atoms with Crippen molar-refractivity contribution in [2.45, 2.75) is 5.16 Å². The van der Waals surface area contributed by atoms with Crippen LogP contribution < -0.4 is 0 Å². The van der Waals surface area contributed by atoms with E-state index in [1.54, 1.807) is 16.7 Å². The molecule has 0 saturated heterocycles. The molecular formula is C16H12FN3O2S. The molecule has 0 radical (unpaired) electrons. The quantitative estimate of drug-likeness (QED) is 0.728. The van der Waals surface area contributed by atoms with E-state index < -0.39 is 5.97 Å². The number of benzene rings is 2. The number of thioether (sulfide) groups is 1. The summed E-state index contributed by atoms with van der Waals surface area (Å²) < 4.78 is 15.2. The smallest absolute Gasteiger partial charge is 0.313 e. The van der Waals surface area contributed by atoms with Crippen LogP contribution in [-0.4, -0.2) is 31.6 Å². The van der Waals surface area contributed by atoms with Gasteiger partial charge in [0.05, 0.1) is 5.75 Å². The van der Waals surface area contributed by atoms with Gasteiger partial charge in [-0.15, -0.1) is 10.2 Å². The number of carboxylic acid groups (broad SMARTS) is 1. The number of aliphatic carboxylic acids is 1. The van der Waals surface area contributed by atoms with E-state index in [9.17, 15) is 9.18 Å². The van der Waals surface area contributed by atoms with Gasteiger partial charge >= 0.3 is 5.97 Å². The van der Waals surface area contributed by atoms with Crippen LogP contribution in [0.25, 0.3) is 17.1 Å². The number of hydrogen-bond donors (Lipinski definition) is 1. The van der Waals surface area contributed by atoms with Gasteiger partial charge in [-0.2, -0.15) is 0 Å². The van der Waals surface area contributed by atoms with Crippen molar-refractivity contribution in [1.29, 1.82) is 0 Å². The Labute approximate surface area is 135 Å². The highest BCUT2D eigenvalue weighted by Gasteiger charge is 2.17. The number of rotatable bonds is 5. The number of halogens is 1. The minimum absolute atomic E-state index is 0.131. The minimum atomic E-state index is -0.940. The summed E-state index contributed by atoms with van der Waals surface area (Å²) in [5.74, 6) is -0.980. The van der Waals surface area contributed by atoms with Crippen molar-refractivity contribution in [1.82, 2.24) is 14.8 Å². The molecule has 0 aliphatic rings. The molecule has 0 aliphatic heterocycles. The Balaban J connectivity index is 2.11. The molecule has 5 nitrogen and oxygen atoms in total. The third-order valence-electron chi connectivity index (χ3n) is 3.06. The minimum Gasteiger partial charge on any atom is -0.481 e. The molecule has 0 aliphatic carbocycles. The Morgan fingerprint density at radius 2 is 1.91 bits per heavy atom. The molecule has 0 saturated carbocycles. The van der Waals surface area contributed by atoms with Gasteiger partial charge in [0.1, 0.15) is 5.82 Å². The second kappa shape index (κ2) is 6.62. The van der Waals surface area contributed by atoms with E-state index in [2.05, 4.69) is 10.2 Å². The lowest BCUT2D eigenvalue weighted by Crippen LogP contribution is -2.03. The number of nitrogens with zero attached hydrogens (tertiary/aromatic N) is 3. The van der Waals surface area contributed by atoms with Gasteiger partial charge in [-0.05, 0) is 24.3 Å². The third-order valence-corrected chi connectivity index (χ3v) is 3.97. The van der Waals surface area contributed by atoms with Crippen LogP contribution in [0.2, 0.25) is 0 Å². The Bertz CT molecular complexity index is 836. The first-order valence-corrected chi connectivity index (χ1v) is 7.75. The van der Waals surface area contributed by atoms with Gasteiger partial charge in [0.2, 0.25) is 0 Å². The maximum absolute atomic E-state index is 13.5. The van der Waals surface area contributed by atoms with Gasteiger partial charge in [-0.1, -0.05) is 42.1 Å². The van der Waals surface area contributed by atoms with Crippen LogP contribution in [0, 0.1) is 5.82 Å². The second-order valence-electron chi connectivity index (χ2n) is 4.67. The lowest BCUT2D eigenvalue weighted by Gasteiger charge is -2.09. The van der Waals surface area contributed by atoms with E-state index in [-0.39, 0.29) is 11.6 Å². The zero-order chi connectivity index (χ0) is 16.2. The Morgan fingerprint density at radius 1 is 1.13 bits per heavy atom. The van der Waals surface area contributed by atoms with Crippen LogP contribution in [0.5, 0.6) is 0 Å². The molecule has 3 rings (SSSR count). The average molecular weight is 329 g/mol. The fourth-order valence-electron chi connectivity index (χ4n) is 2.11. The summed E-state index contributed by atoms with van der Waals surface area (Å²) in [5, 5.41) is 17.5. The Kier molecular flexibility index (Phi) is 4.38. The van der Waals surface area contributed by atoms with E-state index >= 15 is 0 Å². The fourth-order valence-corrected chi connectivity index (χ4v) is 2.79. The van der Waals surface area contributed by atoms with E-state index in [0.717, 1.165) is 17.4 Å². The maximum Gasteiger partial charge on any atom is 0.313 e. The number of carbonyl (C=O) groups is 1. The molecule has 0 atom stereocenters. The summed E-state index contributed by atoms with van der Waals surface area (Å²) in [7, 11) is 0. The molecule has 2 aromatic carbocycles. The highest BCUT2D eigenvalue weighted by Crippen LogP contribution is 2.28. The van der Waals surface area contributed by atoms with Crippen LogP contribution in [0.4, 0.5) is 4.39 Å². The molecular weight excluding hydrogens is 317 g/mol. The van der Waals surface area contributed by atoms with E-state index in [1.165, 1.54) is 12.1 Å². The summed E-state index contributed by atoms with van der Waals surface area (Å²) >= 11 is 1.07. The molecule has 1 heterocycles. The molecule has 3 aromatic rings. The predicted molar refractivity (Wildman–Crippen MR) is 85.1 cm³/mol. The fraction of sp³-hybridized carbons (Fsp3) is 0.0625. The molecule has 116 valence electrons. The van der Waals surface area contributed by atoms with Gasteiger partial charge < -0.3 is 5.11 Å². The largest absolute Gasteiger partial charge is 0.481 e. The molecule has 0 unspecified atom stereocenters. The third kappa shape index (κ3) is 3.40. The van der Waals surface area contributed by atoms with Crippen LogP contribution in [0.1, 0.15) is 0 Å². The van der Waals surface area contributed by atoms with E-state index in [1.807, 2.05) is 30.3 Å². The number of aromatic nitrogens is 3. The molecule has 7 heteroatoms. The molecule has 0 fully saturated rings. The topological polar surface area (TPSA) is 68.0 Å². The van der Waals surface area contributed by atoms with Gasteiger partial charge in [-0.3, -0.25) is 9.36 Å². The lowest BCUT2D eigenvalue weighted by atomic mass is 10.2. The van der Waals surface area contributed by atoms with Crippen molar-refractivity contribution < 1.29 is 14.3 Å². The van der Waals surface area contributed by atoms with E-state index in [0.29, 0.717) is 16.5 Å². The zero-order valence-corrected chi connectivity index (χ0v) is 12.7. The monoisotopic (exact) mass is 329 g/mol. The summed E-state index contributed by atoms with van der Waals surface area (Å²) in [5.41, 5.74) is 1.35. The van der Waals surface area contributed by atoms with Crippen molar-refractivity contribution in [3.63, 3.8) is 0 Å². The van der Waals surface area contributed by atoms with E-state index in [4.69, 9.17) is 5.11 Å². The molecule has 1 aromatic heterocycles. The van der Waals surface area contributed by atoms with Crippen LogP contribution in [0.3, 0.4) is 0 Å². The van der Waals surface area contributed by atoms with Crippen LogP contribution in [-0.2, 0) is 4.79 Å². The highest BCUT2D eigenvalue weighted by molar-refractivity contribution is 7.99. The molecule has 1 N–H and O–H groups in total. The Morgan fingerprint density at radius 3 is 2.61 bits per heavy atom. The Hall–Kier alpha value is -2.67. The van der Waals surface area contributed by atoms with Gasteiger partial charge in [-0.25, -0.2) is 4.39 Å². The van der Waals surface area contributed by atoms with Gasteiger partial charge in [0, 0.05) is 11.3 Å². The van der Waals surface area contributed by atoms with Gasteiger partial charge in [0.15, 0.2) is 11.0 Å². The van der Waals surface area contributed by atoms with Crippen molar-refractivity contribution in [2.75, 3.05) is 5.75 Å². The number of hydrogen-bond acceptors (Lipinski definition) is 4. The van der Waals surface area contributed by atoms with Gasteiger partial charge in [0.25, 0.3) is 0 Å². The van der Waals surface area contributed by atoms with Crippen molar-refractivity contribution >= 4 is 17.7 Å². The van der Waals surface area contributed by atoms with Crippen molar-refractivity contribution in [2.24, 2.45) is 0 Å². The number of carboxylic acids is 1. The normalized spacial score (nSPS) is 10.7. The summed E-state index contributed by atoms with van der Waals surface area (Å²) in [6.45, 7) is 0. The average Bonchev–Trinajstić information content (AvgIpc) is 2.97. The first-order chi connectivity index (χ1) is 11.1. The maximum atomic E-state index is 13.5. The number of para-hydroxylation sites is 1. The second-order valence-corrected chi connectivity index (χ2v) is 5.61. The lowest BCUT2D eigenvalue weighted by molar-refractivity contribution is -0.133. The molecule has 23 heavy (non-hydrogen) atoms. The first kappa shape index (κ1) is 15.2. The predicted octanol–water partition coefficient (Wildman–Crippen LogP) is 3.25. The van der Waals surface area contributed by atoms with Crippen molar-refractivity contribution in [3.8, 4) is 17.1 Å². The molecule has 0 bridgehead atoms. The standard InChI is InChI=1S/C16H12FN3O2S/c17-12-6-4-5-11(9-12)15-18-19-16(23-10-14(21)22)20(15)13-7-2-1-3-8-13/h1-9H,10H2,(H,21,22). The highest BCUT2D eigenvalue weighted by atomic mass is 32.2. The summed E-state index contributed by atoms with van der Waals surface area (Å²) in [6, 6.07) is 15.4. The summed E-state index contributed by atoms with van der Waals surface area (Å²) in [6.07, 6.45) is 0.